The Morgan fingerprint density at radius 1 is 1.20 bits per heavy atom. The molecule has 2 aromatic heterocycles. The fourth-order valence-corrected chi connectivity index (χ4v) is 2.92. The first-order valence-corrected chi connectivity index (χ1v) is 7.14. The van der Waals surface area contributed by atoms with Gasteiger partial charge in [-0.1, -0.05) is 12.8 Å². The van der Waals surface area contributed by atoms with Crippen LogP contribution in [0.3, 0.4) is 0 Å². The number of carboxylic acids is 1. The van der Waals surface area contributed by atoms with E-state index in [1.54, 1.807) is 11.3 Å². The van der Waals surface area contributed by atoms with Crippen molar-refractivity contribution in [3.8, 4) is 0 Å². The fraction of sp³-hybridized carbons (Fsp3) is 0.467. The number of aromatic nitrogens is 2. The van der Waals surface area contributed by atoms with Crippen molar-refractivity contribution in [2.75, 3.05) is 18.0 Å². The number of pyridine rings is 1. The van der Waals surface area contributed by atoms with Crippen molar-refractivity contribution < 1.29 is 9.90 Å². The van der Waals surface area contributed by atoms with Crippen molar-refractivity contribution in [2.45, 2.75) is 32.6 Å². The minimum absolute atomic E-state index is 0.261. The zero-order valence-corrected chi connectivity index (χ0v) is 11.7. The number of imidazole rings is 1. The first-order valence-electron chi connectivity index (χ1n) is 7.14. The monoisotopic (exact) mass is 273 g/mol. The van der Waals surface area contributed by atoms with Gasteiger partial charge in [-0.2, -0.15) is 0 Å². The van der Waals surface area contributed by atoms with Gasteiger partial charge in [-0.3, -0.25) is 4.40 Å². The number of hydrogen-bond acceptors (Lipinski definition) is 3. The van der Waals surface area contributed by atoms with Crippen molar-refractivity contribution in [3.05, 3.63) is 29.7 Å². The van der Waals surface area contributed by atoms with Crippen LogP contribution in [0.4, 0.5) is 5.69 Å². The van der Waals surface area contributed by atoms with Crippen LogP contribution in [0.2, 0.25) is 0 Å². The maximum absolute atomic E-state index is 11.4. The average molecular weight is 273 g/mol. The van der Waals surface area contributed by atoms with Gasteiger partial charge in [0.15, 0.2) is 5.69 Å². The van der Waals surface area contributed by atoms with Crippen LogP contribution in [-0.2, 0) is 0 Å². The fourth-order valence-electron chi connectivity index (χ4n) is 2.92. The number of rotatable bonds is 2. The highest BCUT2D eigenvalue weighted by Crippen LogP contribution is 2.22. The molecule has 5 nitrogen and oxygen atoms in total. The second kappa shape index (κ2) is 5.15. The summed E-state index contributed by atoms with van der Waals surface area (Å²) in [5.74, 6) is -0.928. The molecule has 5 heteroatoms. The van der Waals surface area contributed by atoms with Crippen molar-refractivity contribution in [1.82, 2.24) is 9.38 Å². The number of aromatic carboxylic acids is 1. The summed E-state index contributed by atoms with van der Waals surface area (Å²) in [7, 11) is 0. The van der Waals surface area contributed by atoms with E-state index in [0.29, 0.717) is 11.3 Å². The second-order valence-corrected chi connectivity index (χ2v) is 5.37. The maximum Gasteiger partial charge on any atom is 0.354 e. The van der Waals surface area contributed by atoms with E-state index in [4.69, 9.17) is 0 Å². The Morgan fingerprint density at radius 2 is 1.90 bits per heavy atom. The van der Waals surface area contributed by atoms with Crippen LogP contribution in [0.1, 0.15) is 41.9 Å². The van der Waals surface area contributed by atoms with Gasteiger partial charge in [0.1, 0.15) is 5.65 Å². The van der Waals surface area contributed by atoms with Gasteiger partial charge in [-0.15, -0.1) is 0 Å². The van der Waals surface area contributed by atoms with Gasteiger partial charge in [0.05, 0.1) is 11.4 Å². The normalized spacial score (nSPS) is 16.4. The SMILES string of the molecule is Cc1nc2ccc(N3CCCCCC3)cn2c1C(=O)O. The number of nitrogens with zero attached hydrogens (tertiary/aromatic N) is 3. The third-order valence-corrected chi connectivity index (χ3v) is 3.95. The molecule has 0 amide bonds. The number of carbonyl (C=O) groups is 1. The molecule has 3 rings (SSSR count). The minimum atomic E-state index is -0.928. The molecule has 1 aliphatic heterocycles. The van der Waals surface area contributed by atoms with Gasteiger partial charge in [0.25, 0.3) is 0 Å². The highest BCUT2D eigenvalue weighted by Gasteiger charge is 2.17. The quantitative estimate of drug-likeness (QED) is 0.914. The van der Waals surface area contributed by atoms with Crippen LogP contribution in [0.15, 0.2) is 18.3 Å². The van der Waals surface area contributed by atoms with E-state index in [2.05, 4.69) is 9.88 Å². The van der Waals surface area contributed by atoms with Crippen molar-refractivity contribution in [3.63, 3.8) is 0 Å². The molecule has 106 valence electrons. The predicted octanol–water partition coefficient (Wildman–Crippen LogP) is 2.72. The van der Waals surface area contributed by atoms with E-state index < -0.39 is 5.97 Å². The lowest BCUT2D eigenvalue weighted by Gasteiger charge is -2.22. The Bertz CT molecular complexity index is 640. The number of aryl methyl sites for hydroxylation is 1. The Hall–Kier alpha value is -2.04. The van der Waals surface area contributed by atoms with Crippen LogP contribution < -0.4 is 4.90 Å². The highest BCUT2D eigenvalue weighted by molar-refractivity contribution is 5.88. The first kappa shape index (κ1) is 13.0. The topological polar surface area (TPSA) is 57.8 Å². The van der Waals surface area contributed by atoms with Crippen LogP contribution in [0, 0.1) is 6.92 Å². The Morgan fingerprint density at radius 3 is 2.55 bits per heavy atom. The zero-order chi connectivity index (χ0) is 14.1. The second-order valence-electron chi connectivity index (χ2n) is 5.37. The van der Waals surface area contributed by atoms with E-state index in [-0.39, 0.29) is 5.69 Å². The molecule has 0 atom stereocenters. The van der Waals surface area contributed by atoms with E-state index in [9.17, 15) is 9.90 Å². The van der Waals surface area contributed by atoms with Gasteiger partial charge >= 0.3 is 5.97 Å². The molecule has 0 aliphatic carbocycles. The molecule has 1 saturated heterocycles. The predicted molar refractivity (Wildman–Crippen MR) is 77.6 cm³/mol. The number of carboxylic acid groups (broad SMARTS) is 1. The molecule has 0 unspecified atom stereocenters. The highest BCUT2D eigenvalue weighted by atomic mass is 16.4. The molecular weight excluding hydrogens is 254 g/mol. The molecule has 0 aromatic carbocycles. The van der Waals surface area contributed by atoms with Crippen molar-refractivity contribution in [2.24, 2.45) is 0 Å². The number of anilines is 1. The van der Waals surface area contributed by atoms with E-state index in [1.165, 1.54) is 25.7 Å². The molecule has 20 heavy (non-hydrogen) atoms. The molecule has 1 aliphatic rings. The minimum Gasteiger partial charge on any atom is -0.477 e. The number of hydrogen-bond donors (Lipinski definition) is 1. The third-order valence-electron chi connectivity index (χ3n) is 3.95. The van der Waals surface area contributed by atoms with Crippen LogP contribution >= 0.6 is 0 Å². The molecule has 0 bridgehead atoms. The van der Waals surface area contributed by atoms with Gasteiger partial charge in [-0.05, 0) is 31.9 Å². The summed E-state index contributed by atoms with van der Waals surface area (Å²) < 4.78 is 1.69. The Labute approximate surface area is 117 Å². The molecule has 0 saturated carbocycles. The summed E-state index contributed by atoms with van der Waals surface area (Å²) in [4.78, 5) is 18.0. The summed E-state index contributed by atoms with van der Waals surface area (Å²) in [5, 5.41) is 9.32. The summed E-state index contributed by atoms with van der Waals surface area (Å²) in [6, 6.07) is 3.94. The lowest BCUT2D eigenvalue weighted by atomic mass is 10.2. The standard InChI is InChI=1S/C15H19N3O2/c1-11-14(15(19)20)18-10-12(6-7-13(18)16-11)17-8-4-2-3-5-9-17/h6-7,10H,2-5,8-9H2,1H3,(H,19,20). The zero-order valence-electron chi connectivity index (χ0n) is 11.7. The van der Waals surface area contributed by atoms with Crippen LogP contribution in [-0.4, -0.2) is 33.6 Å². The van der Waals surface area contributed by atoms with E-state index in [1.807, 2.05) is 18.3 Å². The molecule has 1 fully saturated rings. The molecular formula is C15H19N3O2. The average Bonchev–Trinajstić information content (AvgIpc) is 2.61. The molecule has 2 aromatic rings. The van der Waals surface area contributed by atoms with Gasteiger partial charge in [0, 0.05) is 19.3 Å². The summed E-state index contributed by atoms with van der Waals surface area (Å²) >= 11 is 0. The van der Waals surface area contributed by atoms with Crippen molar-refractivity contribution >= 4 is 17.3 Å². The Kier molecular flexibility index (Phi) is 3.34. The summed E-state index contributed by atoms with van der Waals surface area (Å²) in [6.07, 6.45) is 6.87. The number of fused-ring (bicyclic) bond motifs is 1. The maximum atomic E-state index is 11.4. The third kappa shape index (κ3) is 2.24. The summed E-state index contributed by atoms with van der Waals surface area (Å²) in [5.41, 5.74) is 2.60. The van der Waals surface area contributed by atoms with Gasteiger partial charge < -0.3 is 10.0 Å². The van der Waals surface area contributed by atoms with Crippen molar-refractivity contribution in [1.29, 1.82) is 0 Å². The van der Waals surface area contributed by atoms with Crippen LogP contribution in [0.5, 0.6) is 0 Å². The molecule has 1 N–H and O–H groups in total. The molecule has 3 heterocycles. The van der Waals surface area contributed by atoms with Gasteiger partial charge in [-0.25, -0.2) is 9.78 Å². The van der Waals surface area contributed by atoms with E-state index >= 15 is 0 Å². The smallest absolute Gasteiger partial charge is 0.354 e. The first-order chi connectivity index (χ1) is 9.66. The molecule has 0 spiro atoms. The van der Waals surface area contributed by atoms with E-state index in [0.717, 1.165) is 18.8 Å². The Balaban J connectivity index is 2.04. The van der Waals surface area contributed by atoms with Gasteiger partial charge in [0.2, 0.25) is 0 Å². The lowest BCUT2D eigenvalue weighted by molar-refractivity contribution is 0.0688. The lowest BCUT2D eigenvalue weighted by Crippen LogP contribution is -2.24. The largest absolute Gasteiger partial charge is 0.477 e. The summed E-state index contributed by atoms with van der Waals surface area (Å²) in [6.45, 7) is 3.82. The van der Waals surface area contributed by atoms with Crippen LogP contribution in [0.25, 0.3) is 5.65 Å². The molecule has 0 radical (unpaired) electrons.